The summed E-state index contributed by atoms with van der Waals surface area (Å²) >= 11 is 7.58. The van der Waals surface area contributed by atoms with E-state index in [1.54, 1.807) is 17.4 Å². The highest BCUT2D eigenvalue weighted by Gasteiger charge is 2.06. The predicted molar refractivity (Wildman–Crippen MR) is 75.4 cm³/mol. The molecule has 0 atom stereocenters. The van der Waals surface area contributed by atoms with Crippen LogP contribution >= 0.6 is 22.9 Å². The minimum absolute atomic E-state index is 0.266. The van der Waals surface area contributed by atoms with Gasteiger partial charge in [-0.1, -0.05) is 25.4 Å². The first kappa shape index (κ1) is 13.2. The molecule has 1 N–H and O–H groups in total. The highest BCUT2D eigenvalue weighted by atomic mass is 35.5. The summed E-state index contributed by atoms with van der Waals surface area (Å²) in [6.07, 6.45) is 0.877. The first-order valence-corrected chi connectivity index (χ1v) is 7.12. The van der Waals surface area contributed by atoms with Gasteiger partial charge < -0.3 is 5.32 Å². The second-order valence-electron chi connectivity index (χ2n) is 4.25. The SMILES string of the molecule is CC(C)c1nc(Cl)cc(NCCc2cscn2)n1. The second-order valence-corrected chi connectivity index (χ2v) is 5.35. The number of aromatic nitrogens is 3. The van der Waals surface area contributed by atoms with E-state index < -0.39 is 0 Å². The quantitative estimate of drug-likeness (QED) is 0.855. The molecule has 0 aromatic carbocycles. The average molecular weight is 283 g/mol. The zero-order chi connectivity index (χ0) is 13.0. The van der Waals surface area contributed by atoms with Crippen molar-refractivity contribution in [3.63, 3.8) is 0 Å². The minimum atomic E-state index is 0.266. The third kappa shape index (κ3) is 3.65. The van der Waals surface area contributed by atoms with E-state index in [9.17, 15) is 0 Å². The summed E-state index contributed by atoms with van der Waals surface area (Å²) < 4.78 is 0. The van der Waals surface area contributed by atoms with Gasteiger partial charge in [0.15, 0.2) is 0 Å². The van der Waals surface area contributed by atoms with E-state index in [0.717, 1.165) is 30.3 Å². The Morgan fingerprint density at radius 1 is 1.39 bits per heavy atom. The van der Waals surface area contributed by atoms with Crippen molar-refractivity contribution in [1.29, 1.82) is 0 Å². The summed E-state index contributed by atoms with van der Waals surface area (Å²) in [4.78, 5) is 12.9. The molecule has 2 heterocycles. The van der Waals surface area contributed by atoms with E-state index in [0.29, 0.717) is 5.15 Å². The fourth-order valence-electron chi connectivity index (χ4n) is 1.46. The van der Waals surface area contributed by atoms with Gasteiger partial charge in [-0.15, -0.1) is 11.3 Å². The van der Waals surface area contributed by atoms with Crippen molar-refractivity contribution in [3.05, 3.63) is 33.6 Å². The van der Waals surface area contributed by atoms with Crippen LogP contribution in [0.5, 0.6) is 0 Å². The maximum atomic E-state index is 5.97. The van der Waals surface area contributed by atoms with Crippen LogP contribution in [0.3, 0.4) is 0 Å². The molecule has 0 unspecified atom stereocenters. The van der Waals surface area contributed by atoms with Gasteiger partial charge in [0.1, 0.15) is 16.8 Å². The molecule has 0 fully saturated rings. The molecule has 0 aliphatic heterocycles. The molecule has 4 nitrogen and oxygen atoms in total. The third-order valence-corrected chi connectivity index (χ3v) is 3.23. The molecule has 0 aliphatic rings. The number of anilines is 1. The number of hydrogen-bond acceptors (Lipinski definition) is 5. The van der Waals surface area contributed by atoms with Crippen molar-refractivity contribution in [2.24, 2.45) is 0 Å². The number of halogens is 1. The van der Waals surface area contributed by atoms with Crippen LogP contribution in [-0.4, -0.2) is 21.5 Å². The standard InChI is InChI=1S/C12H15ClN4S/c1-8(2)12-16-10(13)5-11(17-12)14-4-3-9-6-18-7-15-9/h5-8H,3-4H2,1-2H3,(H,14,16,17). The molecule has 18 heavy (non-hydrogen) atoms. The van der Waals surface area contributed by atoms with Crippen molar-refractivity contribution in [2.45, 2.75) is 26.2 Å². The molecule has 96 valence electrons. The molecule has 0 amide bonds. The van der Waals surface area contributed by atoms with Crippen molar-refractivity contribution in [1.82, 2.24) is 15.0 Å². The molecule has 2 rings (SSSR count). The molecule has 0 radical (unpaired) electrons. The Labute approximate surface area is 115 Å². The molecule has 0 saturated carbocycles. The van der Waals surface area contributed by atoms with Crippen molar-refractivity contribution >= 4 is 28.8 Å². The van der Waals surface area contributed by atoms with Crippen LogP contribution in [0.2, 0.25) is 5.15 Å². The van der Waals surface area contributed by atoms with E-state index in [-0.39, 0.29) is 5.92 Å². The first-order chi connectivity index (χ1) is 8.65. The Balaban J connectivity index is 1.96. The number of nitrogens with one attached hydrogen (secondary N) is 1. The lowest BCUT2D eigenvalue weighted by molar-refractivity contribution is 0.774. The molecule has 2 aromatic rings. The van der Waals surface area contributed by atoms with E-state index >= 15 is 0 Å². The van der Waals surface area contributed by atoms with Gasteiger partial charge in [-0.05, 0) is 0 Å². The third-order valence-electron chi connectivity index (χ3n) is 2.40. The van der Waals surface area contributed by atoms with Crippen molar-refractivity contribution in [2.75, 3.05) is 11.9 Å². The van der Waals surface area contributed by atoms with Crippen LogP contribution in [0.4, 0.5) is 5.82 Å². The Bertz CT molecular complexity index is 499. The second kappa shape index (κ2) is 6.11. The van der Waals surface area contributed by atoms with E-state index in [1.165, 1.54) is 0 Å². The Morgan fingerprint density at radius 3 is 2.89 bits per heavy atom. The van der Waals surface area contributed by atoms with Crippen molar-refractivity contribution in [3.8, 4) is 0 Å². The van der Waals surface area contributed by atoms with E-state index in [4.69, 9.17) is 11.6 Å². The minimum Gasteiger partial charge on any atom is -0.370 e. The smallest absolute Gasteiger partial charge is 0.135 e. The number of nitrogens with zero attached hydrogens (tertiary/aromatic N) is 3. The molecule has 0 spiro atoms. The molecule has 2 aromatic heterocycles. The molecule has 0 bridgehead atoms. The fourth-order valence-corrected chi connectivity index (χ4v) is 2.25. The maximum Gasteiger partial charge on any atom is 0.135 e. The summed E-state index contributed by atoms with van der Waals surface area (Å²) in [5.41, 5.74) is 2.94. The predicted octanol–water partition coefficient (Wildman–Crippen LogP) is 3.36. The summed E-state index contributed by atoms with van der Waals surface area (Å²) in [5.74, 6) is 1.80. The maximum absolute atomic E-state index is 5.97. The highest BCUT2D eigenvalue weighted by molar-refractivity contribution is 7.07. The van der Waals surface area contributed by atoms with Gasteiger partial charge in [-0.3, -0.25) is 0 Å². The topological polar surface area (TPSA) is 50.7 Å². The Kier molecular flexibility index (Phi) is 4.49. The van der Waals surface area contributed by atoms with Gasteiger partial charge in [0, 0.05) is 30.3 Å². The summed E-state index contributed by atoms with van der Waals surface area (Å²) in [6, 6.07) is 1.74. The lowest BCUT2D eigenvalue weighted by Gasteiger charge is -2.09. The zero-order valence-electron chi connectivity index (χ0n) is 10.4. The molecular weight excluding hydrogens is 268 g/mol. The van der Waals surface area contributed by atoms with E-state index in [1.807, 2.05) is 24.7 Å². The Morgan fingerprint density at radius 2 is 2.22 bits per heavy atom. The van der Waals surface area contributed by atoms with Gasteiger partial charge in [-0.2, -0.15) is 0 Å². The molecular formula is C12H15ClN4S. The summed E-state index contributed by atoms with van der Waals surface area (Å²) in [6.45, 7) is 4.88. The molecule has 6 heteroatoms. The van der Waals surface area contributed by atoms with Crippen molar-refractivity contribution < 1.29 is 0 Å². The average Bonchev–Trinajstić information content (AvgIpc) is 2.81. The van der Waals surface area contributed by atoms with Crippen LogP contribution in [0.1, 0.15) is 31.3 Å². The lowest BCUT2D eigenvalue weighted by Crippen LogP contribution is -2.09. The van der Waals surface area contributed by atoms with Crippen LogP contribution in [0.15, 0.2) is 17.0 Å². The van der Waals surface area contributed by atoms with E-state index in [2.05, 4.69) is 20.3 Å². The first-order valence-electron chi connectivity index (χ1n) is 5.80. The number of thiazole rings is 1. The van der Waals surface area contributed by atoms with Gasteiger partial charge >= 0.3 is 0 Å². The lowest BCUT2D eigenvalue weighted by atomic mass is 10.2. The van der Waals surface area contributed by atoms with Crippen LogP contribution in [0.25, 0.3) is 0 Å². The number of hydrogen-bond donors (Lipinski definition) is 1. The summed E-state index contributed by atoms with van der Waals surface area (Å²) in [5, 5.41) is 5.77. The zero-order valence-corrected chi connectivity index (χ0v) is 11.9. The molecule has 0 aliphatic carbocycles. The van der Waals surface area contributed by atoms with Crippen LogP contribution in [-0.2, 0) is 6.42 Å². The number of rotatable bonds is 5. The van der Waals surface area contributed by atoms with Crippen LogP contribution in [0, 0.1) is 0 Å². The van der Waals surface area contributed by atoms with Gasteiger partial charge in [0.2, 0.25) is 0 Å². The summed E-state index contributed by atoms with van der Waals surface area (Å²) in [7, 11) is 0. The van der Waals surface area contributed by atoms with Crippen LogP contribution < -0.4 is 5.32 Å². The fraction of sp³-hybridized carbons (Fsp3) is 0.417. The largest absolute Gasteiger partial charge is 0.370 e. The normalized spacial score (nSPS) is 10.9. The van der Waals surface area contributed by atoms with Gasteiger partial charge in [0.25, 0.3) is 0 Å². The van der Waals surface area contributed by atoms with Gasteiger partial charge in [-0.25, -0.2) is 15.0 Å². The Hall–Kier alpha value is -1.20. The highest BCUT2D eigenvalue weighted by Crippen LogP contribution is 2.16. The van der Waals surface area contributed by atoms with Gasteiger partial charge in [0.05, 0.1) is 11.2 Å². The monoisotopic (exact) mass is 282 g/mol. The molecule has 0 saturated heterocycles.